The minimum absolute atomic E-state index is 0.00562. The third-order valence-corrected chi connectivity index (χ3v) is 4.11. The van der Waals surface area contributed by atoms with Crippen LogP contribution in [0, 0.1) is 0 Å². The van der Waals surface area contributed by atoms with Crippen LogP contribution in [0.3, 0.4) is 0 Å². The van der Waals surface area contributed by atoms with Crippen LogP contribution in [0.5, 0.6) is 5.75 Å². The number of benzene rings is 2. The molecule has 1 N–H and O–H groups in total. The van der Waals surface area contributed by atoms with Crippen LogP contribution in [-0.2, 0) is 5.92 Å². The van der Waals surface area contributed by atoms with Gasteiger partial charge in [-0.3, -0.25) is 0 Å². The summed E-state index contributed by atoms with van der Waals surface area (Å²) in [7, 11) is 0. The molecular formula is C20H19F8NO2. The molecule has 2 rings (SSSR count). The van der Waals surface area contributed by atoms with E-state index < -0.39 is 42.2 Å². The molecule has 0 amide bonds. The van der Waals surface area contributed by atoms with E-state index >= 15 is 0 Å². The summed E-state index contributed by atoms with van der Waals surface area (Å²) in [6.45, 7) is 2.25. The number of hydrogen-bond acceptors (Lipinski definition) is 3. The fraction of sp³-hybridized carbons (Fsp3) is 0.400. The molecule has 0 aliphatic carbocycles. The van der Waals surface area contributed by atoms with Gasteiger partial charge in [0.15, 0.2) is 6.10 Å². The highest BCUT2D eigenvalue weighted by Crippen LogP contribution is 2.45. The van der Waals surface area contributed by atoms with Crippen molar-refractivity contribution in [2.45, 2.75) is 44.3 Å². The molecule has 11 heteroatoms. The van der Waals surface area contributed by atoms with E-state index in [0.29, 0.717) is 12.1 Å². The normalized spacial score (nSPS) is 13.9. The largest absolute Gasteiger partial charge is 0.491 e. The van der Waals surface area contributed by atoms with Crippen LogP contribution in [0.15, 0.2) is 48.5 Å². The van der Waals surface area contributed by atoms with Gasteiger partial charge < -0.3 is 14.7 Å². The maximum atomic E-state index is 13.8. The fourth-order valence-corrected chi connectivity index (χ4v) is 2.67. The third-order valence-electron chi connectivity index (χ3n) is 4.11. The van der Waals surface area contributed by atoms with Crippen LogP contribution in [0.2, 0.25) is 0 Å². The highest BCUT2D eigenvalue weighted by atomic mass is 19.4. The van der Waals surface area contributed by atoms with Gasteiger partial charge >= 0.3 is 18.3 Å². The summed E-state index contributed by atoms with van der Waals surface area (Å²) in [6.07, 6.45) is -14.1. The van der Waals surface area contributed by atoms with Gasteiger partial charge in [-0.15, -0.1) is 0 Å². The van der Waals surface area contributed by atoms with Crippen LogP contribution in [0.4, 0.5) is 46.5 Å². The van der Waals surface area contributed by atoms with E-state index in [1.165, 1.54) is 24.3 Å². The summed E-state index contributed by atoms with van der Waals surface area (Å²) in [4.78, 5) is 0.793. The number of anilines is 2. The van der Waals surface area contributed by atoms with Crippen molar-refractivity contribution in [1.29, 1.82) is 0 Å². The topological polar surface area (TPSA) is 32.7 Å². The number of halogens is 8. The number of hydrogen-bond donors (Lipinski definition) is 1. The van der Waals surface area contributed by atoms with Crippen molar-refractivity contribution in [3.05, 3.63) is 54.1 Å². The molecule has 0 saturated carbocycles. The van der Waals surface area contributed by atoms with Crippen molar-refractivity contribution in [3.8, 4) is 5.75 Å². The molecule has 1 atom stereocenters. The summed E-state index contributed by atoms with van der Waals surface area (Å²) in [5, 5.41) is 9.53. The van der Waals surface area contributed by atoms with Crippen molar-refractivity contribution >= 4 is 11.4 Å². The predicted molar refractivity (Wildman–Crippen MR) is 97.7 cm³/mol. The first kappa shape index (κ1) is 24.7. The van der Waals surface area contributed by atoms with Gasteiger partial charge in [-0.25, -0.2) is 0 Å². The molecule has 0 fully saturated rings. The first-order chi connectivity index (χ1) is 14.1. The molecule has 2 aromatic carbocycles. The van der Waals surface area contributed by atoms with Gasteiger partial charge in [0.1, 0.15) is 5.75 Å². The summed E-state index contributed by atoms with van der Waals surface area (Å²) in [5.74, 6) is -4.99. The van der Waals surface area contributed by atoms with Crippen molar-refractivity contribution < 1.29 is 45.0 Å². The number of ether oxygens (including phenoxy) is 1. The van der Waals surface area contributed by atoms with Gasteiger partial charge in [-0.1, -0.05) is 18.2 Å². The minimum Gasteiger partial charge on any atom is -0.491 e. The lowest BCUT2D eigenvalue weighted by Crippen LogP contribution is -2.39. The third kappa shape index (κ3) is 5.99. The average Bonchev–Trinajstić information content (AvgIpc) is 2.64. The quantitative estimate of drug-likeness (QED) is 0.504. The van der Waals surface area contributed by atoms with E-state index in [0.717, 1.165) is 17.0 Å². The molecule has 0 aromatic heterocycles. The minimum atomic E-state index is -5.90. The van der Waals surface area contributed by atoms with Crippen molar-refractivity contribution in [2.24, 2.45) is 0 Å². The molecule has 31 heavy (non-hydrogen) atoms. The first-order valence-corrected chi connectivity index (χ1v) is 8.97. The Hall–Kier alpha value is -2.56. The molecular weight excluding hydrogens is 438 g/mol. The van der Waals surface area contributed by atoms with Gasteiger partial charge in [0.25, 0.3) is 0 Å². The lowest BCUT2D eigenvalue weighted by molar-refractivity contribution is -0.289. The number of rotatable bonds is 7. The molecule has 1 unspecified atom stereocenters. The highest BCUT2D eigenvalue weighted by Gasteiger charge is 2.58. The smallest absolute Gasteiger partial charge is 0.458 e. The van der Waals surface area contributed by atoms with Crippen LogP contribution in [0.1, 0.15) is 19.4 Å². The standard InChI is InChI=1S/C20H19F8NO2/c1-12(2)31-16-8-4-7-15(10-16)29(11-17(30)19(23,24)25)14-6-3-5-13(9-14)18(21,22)20(26,27)28/h3-10,12,17,30H,11H2,1-2H3. The fourth-order valence-electron chi connectivity index (χ4n) is 2.67. The van der Waals surface area contributed by atoms with Crippen LogP contribution in [-0.4, -0.2) is 36.2 Å². The van der Waals surface area contributed by atoms with Crippen LogP contribution >= 0.6 is 0 Å². The molecule has 0 heterocycles. The van der Waals surface area contributed by atoms with E-state index in [-0.39, 0.29) is 17.5 Å². The van der Waals surface area contributed by atoms with Crippen molar-refractivity contribution in [3.63, 3.8) is 0 Å². The Morgan fingerprint density at radius 2 is 1.42 bits per heavy atom. The Bertz CT molecular complexity index is 880. The molecule has 0 aliphatic rings. The number of alkyl halides is 8. The van der Waals surface area contributed by atoms with Gasteiger partial charge in [0, 0.05) is 23.0 Å². The molecule has 0 spiro atoms. The zero-order chi connectivity index (χ0) is 23.6. The summed E-state index contributed by atoms with van der Waals surface area (Å²) in [6, 6.07) is 8.40. The second-order valence-corrected chi connectivity index (χ2v) is 6.95. The molecule has 172 valence electrons. The van der Waals surface area contributed by atoms with Crippen LogP contribution < -0.4 is 9.64 Å². The molecule has 3 nitrogen and oxygen atoms in total. The van der Waals surface area contributed by atoms with E-state index in [1.807, 2.05) is 0 Å². The van der Waals surface area contributed by atoms with Gasteiger partial charge in [0.05, 0.1) is 12.6 Å². The molecule has 2 aromatic rings. The second-order valence-electron chi connectivity index (χ2n) is 6.95. The van der Waals surface area contributed by atoms with Crippen LogP contribution in [0.25, 0.3) is 0 Å². The van der Waals surface area contributed by atoms with Gasteiger partial charge in [-0.2, -0.15) is 35.1 Å². The average molecular weight is 457 g/mol. The summed E-state index contributed by atoms with van der Waals surface area (Å²) in [5.41, 5.74) is -1.85. The Labute approximate surface area is 172 Å². The first-order valence-electron chi connectivity index (χ1n) is 8.97. The number of aliphatic hydroxyl groups excluding tert-OH is 1. The lowest BCUT2D eigenvalue weighted by Gasteiger charge is -2.30. The Morgan fingerprint density at radius 3 is 1.94 bits per heavy atom. The van der Waals surface area contributed by atoms with E-state index in [9.17, 15) is 40.2 Å². The maximum Gasteiger partial charge on any atom is 0.458 e. The summed E-state index contributed by atoms with van der Waals surface area (Å²) >= 11 is 0. The molecule has 0 bridgehead atoms. The second kappa shape index (κ2) is 8.89. The van der Waals surface area contributed by atoms with E-state index in [4.69, 9.17) is 4.74 Å². The lowest BCUT2D eigenvalue weighted by atomic mass is 10.1. The molecule has 0 aliphatic heterocycles. The number of aliphatic hydroxyl groups is 1. The Balaban J connectivity index is 2.56. The van der Waals surface area contributed by atoms with E-state index in [2.05, 4.69) is 0 Å². The van der Waals surface area contributed by atoms with Crippen molar-refractivity contribution in [2.75, 3.05) is 11.4 Å². The number of nitrogens with zero attached hydrogens (tertiary/aromatic N) is 1. The Kier molecular flexibility index (Phi) is 7.09. The summed E-state index contributed by atoms with van der Waals surface area (Å²) < 4.78 is 110. The van der Waals surface area contributed by atoms with Gasteiger partial charge in [-0.05, 0) is 38.1 Å². The van der Waals surface area contributed by atoms with Crippen molar-refractivity contribution in [1.82, 2.24) is 0 Å². The van der Waals surface area contributed by atoms with Gasteiger partial charge in [0.2, 0.25) is 0 Å². The van der Waals surface area contributed by atoms with E-state index in [1.54, 1.807) is 13.8 Å². The highest BCUT2D eigenvalue weighted by molar-refractivity contribution is 5.65. The zero-order valence-electron chi connectivity index (χ0n) is 16.3. The predicted octanol–water partition coefficient (Wildman–Crippen LogP) is 6.19. The zero-order valence-corrected chi connectivity index (χ0v) is 16.3. The SMILES string of the molecule is CC(C)Oc1cccc(N(CC(O)C(F)(F)F)c2cccc(C(F)(F)C(F)(F)F)c2)c1. The Morgan fingerprint density at radius 1 is 0.871 bits per heavy atom. The maximum absolute atomic E-state index is 13.8. The molecule has 0 radical (unpaired) electrons. The molecule has 0 saturated heterocycles. The monoisotopic (exact) mass is 457 g/mol.